The number of benzene rings is 1. The summed E-state index contributed by atoms with van der Waals surface area (Å²) in [6, 6.07) is 7.51. The van der Waals surface area contributed by atoms with Crippen molar-refractivity contribution in [1.82, 2.24) is 0 Å². The highest BCUT2D eigenvalue weighted by Gasteiger charge is 2.19. The lowest BCUT2D eigenvalue weighted by molar-refractivity contribution is -0.118. The van der Waals surface area contributed by atoms with E-state index in [0.717, 1.165) is 17.5 Å². The van der Waals surface area contributed by atoms with Gasteiger partial charge in [0.1, 0.15) is 0 Å². The maximum Gasteiger partial charge on any atom is 0.241 e. The SMILES string of the molecule is CC[C@H](C)[C@H](N)C(=O)Nc1ccc2sccc2c1. The number of fused-ring (bicyclic) bond motifs is 1. The van der Waals surface area contributed by atoms with Gasteiger partial charge in [0.25, 0.3) is 0 Å². The molecule has 0 fully saturated rings. The summed E-state index contributed by atoms with van der Waals surface area (Å²) in [4.78, 5) is 12.0. The molecule has 0 aliphatic rings. The van der Waals surface area contributed by atoms with Crippen molar-refractivity contribution >= 4 is 33.0 Å². The molecule has 96 valence electrons. The molecule has 0 bridgehead atoms. The molecule has 0 aliphatic heterocycles. The summed E-state index contributed by atoms with van der Waals surface area (Å²) in [5.74, 6) is 0.0776. The number of nitrogens with two attached hydrogens (primary N) is 1. The molecule has 0 unspecified atom stereocenters. The molecule has 1 aromatic heterocycles. The molecular formula is C14H18N2OS. The topological polar surface area (TPSA) is 55.1 Å². The lowest BCUT2D eigenvalue weighted by Gasteiger charge is -2.17. The van der Waals surface area contributed by atoms with Crippen LogP contribution in [0.4, 0.5) is 5.69 Å². The van der Waals surface area contributed by atoms with Crippen molar-refractivity contribution < 1.29 is 4.79 Å². The fourth-order valence-corrected chi connectivity index (χ4v) is 2.55. The van der Waals surface area contributed by atoms with Crippen molar-refractivity contribution in [2.24, 2.45) is 11.7 Å². The molecular weight excluding hydrogens is 244 g/mol. The number of amides is 1. The third kappa shape index (κ3) is 2.71. The molecule has 1 heterocycles. The first-order valence-corrected chi connectivity index (χ1v) is 7.03. The summed E-state index contributed by atoms with van der Waals surface area (Å²) in [5, 5.41) is 6.07. The van der Waals surface area contributed by atoms with Crippen LogP contribution in [0.3, 0.4) is 0 Å². The molecule has 18 heavy (non-hydrogen) atoms. The Labute approximate surface area is 111 Å². The maximum atomic E-state index is 12.0. The first kappa shape index (κ1) is 13.1. The van der Waals surface area contributed by atoms with Crippen LogP contribution in [0.5, 0.6) is 0 Å². The Hall–Kier alpha value is -1.39. The Morgan fingerprint density at radius 3 is 2.94 bits per heavy atom. The fraction of sp³-hybridized carbons (Fsp3) is 0.357. The fourth-order valence-electron chi connectivity index (χ4n) is 1.78. The zero-order valence-electron chi connectivity index (χ0n) is 10.6. The van der Waals surface area contributed by atoms with Gasteiger partial charge in [0.05, 0.1) is 6.04 Å². The monoisotopic (exact) mass is 262 g/mol. The number of carbonyl (C=O) groups is 1. The molecule has 0 saturated heterocycles. The highest BCUT2D eigenvalue weighted by atomic mass is 32.1. The standard InChI is InChI=1S/C14H18N2OS/c1-3-9(2)13(15)14(17)16-11-4-5-12-10(8-11)6-7-18-12/h4-9,13H,3,15H2,1-2H3,(H,16,17)/t9-,13-/m0/s1. The predicted molar refractivity (Wildman–Crippen MR) is 77.9 cm³/mol. The van der Waals surface area contributed by atoms with Crippen molar-refractivity contribution in [2.75, 3.05) is 5.32 Å². The van der Waals surface area contributed by atoms with E-state index in [0.29, 0.717) is 0 Å². The van der Waals surface area contributed by atoms with Gasteiger partial charge in [-0.1, -0.05) is 20.3 Å². The molecule has 0 saturated carbocycles. The zero-order valence-corrected chi connectivity index (χ0v) is 11.5. The van der Waals surface area contributed by atoms with E-state index in [1.165, 1.54) is 4.70 Å². The molecule has 1 aromatic carbocycles. The van der Waals surface area contributed by atoms with Crippen LogP contribution in [0, 0.1) is 5.92 Å². The lowest BCUT2D eigenvalue weighted by atomic mass is 9.99. The highest BCUT2D eigenvalue weighted by molar-refractivity contribution is 7.17. The highest BCUT2D eigenvalue weighted by Crippen LogP contribution is 2.24. The average molecular weight is 262 g/mol. The van der Waals surface area contributed by atoms with Crippen LogP contribution in [0.1, 0.15) is 20.3 Å². The molecule has 3 N–H and O–H groups in total. The number of anilines is 1. The molecule has 0 aliphatic carbocycles. The van der Waals surface area contributed by atoms with E-state index in [4.69, 9.17) is 5.73 Å². The van der Waals surface area contributed by atoms with Gasteiger partial charge in [-0.25, -0.2) is 0 Å². The van der Waals surface area contributed by atoms with Gasteiger partial charge in [0.2, 0.25) is 5.91 Å². The van der Waals surface area contributed by atoms with Gasteiger partial charge < -0.3 is 11.1 Å². The van der Waals surface area contributed by atoms with Gasteiger partial charge in [0, 0.05) is 10.4 Å². The van der Waals surface area contributed by atoms with E-state index in [2.05, 4.69) is 5.32 Å². The summed E-state index contributed by atoms with van der Waals surface area (Å²) in [5.41, 5.74) is 6.71. The van der Waals surface area contributed by atoms with Crippen LogP contribution in [-0.4, -0.2) is 11.9 Å². The van der Waals surface area contributed by atoms with Gasteiger partial charge in [-0.2, -0.15) is 0 Å². The number of nitrogens with one attached hydrogen (secondary N) is 1. The van der Waals surface area contributed by atoms with Crippen molar-refractivity contribution in [3.05, 3.63) is 29.6 Å². The van der Waals surface area contributed by atoms with E-state index in [-0.39, 0.29) is 11.8 Å². The predicted octanol–water partition coefficient (Wildman–Crippen LogP) is 3.21. The van der Waals surface area contributed by atoms with Gasteiger partial charge in [-0.3, -0.25) is 4.79 Å². The van der Waals surface area contributed by atoms with Gasteiger partial charge in [-0.15, -0.1) is 11.3 Å². The smallest absolute Gasteiger partial charge is 0.241 e. The second-order valence-electron chi connectivity index (χ2n) is 4.57. The van der Waals surface area contributed by atoms with Gasteiger partial charge in [0.15, 0.2) is 0 Å². The molecule has 0 radical (unpaired) electrons. The molecule has 4 heteroatoms. The van der Waals surface area contributed by atoms with E-state index in [9.17, 15) is 4.79 Å². The second kappa shape index (κ2) is 5.50. The third-order valence-corrected chi connectivity index (χ3v) is 4.18. The summed E-state index contributed by atoms with van der Waals surface area (Å²) < 4.78 is 1.22. The van der Waals surface area contributed by atoms with Crippen molar-refractivity contribution in [3.8, 4) is 0 Å². The molecule has 1 amide bonds. The Kier molecular flexibility index (Phi) is 3.99. The van der Waals surface area contributed by atoms with E-state index >= 15 is 0 Å². The first-order valence-electron chi connectivity index (χ1n) is 6.15. The first-order chi connectivity index (χ1) is 8.61. The van der Waals surface area contributed by atoms with Gasteiger partial charge >= 0.3 is 0 Å². The van der Waals surface area contributed by atoms with Crippen LogP contribution in [0.2, 0.25) is 0 Å². The lowest BCUT2D eigenvalue weighted by Crippen LogP contribution is -2.40. The number of hydrogen-bond donors (Lipinski definition) is 2. The van der Waals surface area contributed by atoms with Crippen LogP contribution >= 0.6 is 11.3 Å². The Morgan fingerprint density at radius 1 is 1.44 bits per heavy atom. The summed E-state index contributed by atoms with van der Waals surface area (Å²) in [7, 11) is 0. The minimum Gasteiger partial charge on any atom is -0.325 e. The van der Waals surface area contributed by atoms with Crippen LogP contribution < -0.4 is 11.1 Å². The average Bonchev–Trinajstić information content (AvgIpc) is 2.84. The maximum absolute atomic E-state index is 12.0. The number of carbonyl (C=O) groups excluding carboxylic acids is 1. The number of rotatable bonds is 4. The van der Waals surface area contributed by atoms with Crippen molar-refractivity contribution in [2.45, 2.75) is 26.3 Å². The van der Waals surface area contributed by atoms with E-state index in [1.54, 1.807) is 11.3 Å². The van der Waals surface area contributed by atoms with Crippen LogP contribution in [-0.2, 0) is 4.79 Å². The van der Waals surface area contributed by atoms with Gasteiger partial charge in [-0.05, 0) is 40.9 Å². The van der Waals surface area contributed by atoms with Crippen LogP contribution in [0.25, 0.3) is 10.1 Å². The van der Waals surface area contributed by atoms with Crippen molar-refractivity contribution in [1.29, 1.82) is 0 Å². The second-order valence-corrected chi connectivity index (χ2v) is 5.52. The number of hydrogen-bond acceptors (Lipinski definition) is 3. The Morgan fingerprint density at radius 2 is 2.22 bits per heavy atom. The summed E-state index contributed by atoms with van der Waals surface area (Å²) in [6.45, 7) is 4.03. The molecule has 3 nitrogen and oxygen atoms in total. The summed E-state index contributed by atoms with van der Waals surface area (Å²) in [6.07, 6.45) is 0.901. The quantitative estimate of drug-likeness (QED) is 0.889. The largest absolute Gasteiger partial charge is 0.325 e. The Balaban J connectivity index is 2.10. The minimum atomic E-state index is -0.451. The summed E-state index contributed by atoms with van der Waals surface area (Å²) >= 11 is 1.69. The molecule has 2 aromatic rings. The van der Waals surface area contributed by atoms with Crippen LogP contribution in [0.15, 0.2) is 29.6 Å². The molecule has 2 rings (SSSR count). The molecule has 2 atom stereocenters. The minimum absolute atomic E-state index is 0.112. The zero-order chi connectivity index (χ0) is 13.1. The van der Waals surface area contributed by atoms with E-state index < -0.39 is 6.04 Å². The van der Waals surface area contributed by atoms with Crippen molar-refractivity contribution in [3.63, 3.8) is 0 Å². The number of thiophene rings is 1. The third-order valence-electron chi connectivity index (χ3n) is 3.28. The normalized spacial score (nSPS) is 14.4. The Bertz CT molecular complexity index is 549. The van der Waals surface area contributed by atoms with E-state index in [1.807, 2.05) is 43.5 Å². The molecule has 0 spiro atoms.